The molecule has 5 rings (SSSR count). The molecular formula is C33H45ClN5O4Pd-. The van der Waals surface area contributed by atoms with Crippen molar-refractivity contribution in [1.82, 2.24) is 25.0 Å². The van der Waals surface area contributed by atoms with Crippen LogP contribution in [0.2, 0.25) is 0 Å². The Kier molecular flexibility index (Phi) is 18.0. The fourth-order valence-electron chi connectivity index (χ4n) is 4.49. The molecule has 1 N–H and O–H groups in total. The van der Waals surface area contributed by atoms with E-state index in [4.69, 9.17) is 16.3 Å². The molecule has 0 unspecified atom stereocenters. The molecule has 9 nitrogen and oxygen atoms in total. The zero-order chi connectivity index (χ0) is 30.5. The maximum Gasteiger partial charge on any atom is 0.408 e. The number of amides is 1. The van der Waals surface area contributed by atoms with E-state index >= 15 is 0 Å². The number of fused-ring (bicyclic) bond motifs is 1. The summed E-state index contributed by atoms with van der Waals surface area (Å²) < 4.78 is 10.3. The third kappa shape index (κ3) is 13.4. The molecule has 1 amide bonds. The number of rotatable bonds is 5. The fourth-order valence-corrected chi connectivity index (χ4v) is 4.62. The molecule has 2 aliphatic rings. The van der Waals surface area contributed by atoms with E-state index in [2.05, 4.69) is 70.6 Å². The van der Waals surface area contributed by atoms with Crippen molar-refractivity contribution in [3.63, 3.8) is 0 Å². The van der Waals surface area contributed by atoms with E-state index in [1.54, 1.807) is 13.1 Å². The van der Waals surface area contributed by atoms with Gasteiger partial charge in [-0.15, -0.1) is 0 Å². The van der Waals surface area contributed by atoms with Crippen LogP contribution < -0.4 is 10.1 Å². The van der Waals surface area contributed by atoms with Gasteiger partial charge in [-0.05, 0) is 51.0 Å². The van der Waals surface area contributed by atoms with Gasteiger partial charge in [-0.3, -0.25) is 9.78 Å². The molecule has 44 heavy (non-hydrogen) atoms. The van der Waals surface area contributed by atoms with Gasteiger partial charge in [0.05, 0.1) is 17.9 Å². The number of nitrogens with zero attached hydrogens (tertiary/aromatic N) is 4. The van der Waals surface area contributed by atoms with Gasteiger partial charge in [-0.2, -0.15) is 0 Å². The number of hydrogen-bond acceptors (Lipinski definition) is 8. The van der Waals surface area contributed by atoms with Gasteiger partial charge in [0, 0.05) is 102 Å². The molecule has 0 saturated carbocycles. The van der Waals surface area contributed by atoms with Crippen molar-refractivity contribution >= 4 is 33.7 Å². The average Bonchev–Trinajstić information content (AvgIpc) is 2.96. The summed E-state index contributed by atoms with van der Waals surface area (Å²) in [5, 5.41) is 5.53. The van der Waals surface area contributed by atoms with E-state index in [1.165, 1.54) is 24.0 Å². The second-order valence-electron chi connectivity index (χ2n) is 10.5. The number of aryl methyl sites for hydroxylation is 1. The summed E-state index contributed by atoms with van der Waals surface area (Å²) in [6, 6.07) is 16.0. The Morgan fingerprint density at radius 3 is 2.11 bits per heavy atom. The van der Waals surface area contributed by atoms with Crippen molar-refractivity contribution in [1.29, 1.82) is 0 Å². The van der Waals surface area contributed by atoms with Crippen LogP contribution in [-0.2, 0) is 36.4 Å². The van der Waals surface area contributed by atoms with Crippen LogP contribution >= 0.6 is 11.6 Å². The van der Waals surface area contributed by atoms with Gasteiger partial charge in [-0.25, -0.2) is 4.79 Å². The zero-order valence-electron chi connectivity index (χ0n) is 26.4. The van der Waals surface area contributed by atoms with Gasteiger partial charge in [0.15, 0.2) is 0 Å². The second-order valence-corrected chi connectivity index (χ2v) is 10.8. The van der Waals surface area contributed by atoms with E-state index in [0.717, 1.165) is 56.1 Å². The van der Waals surface area contributed by atoms with Crippen LogP contribution in [0.4, 0.5) is 4.79 Å². The first-order valence-electron chi connectivity index (χ1n) is 14.1. The van der Waals surface area contributed by atoms with Crippen molar-refractivity contribution in [2.24, 2.45) is 0 Å². The molecule has 3 heterocycles. The van der Waals surface area contributed by atoms with Crippen LogP contribution in [-0.4, -0.2) is 97.5 Å². The number of aromatic nitrogens is 1. The topological polar surface area (TPSA) is 87.2 Å². The van der Waals surface area contributed by atoms with E-state index < -0.39 is 5.43 Å². The summed E-state index contributed by atoms with van der Waals surface area (Å²) in [7, 11) is 4.24. The average molecular weight is 718 g/mol. The number of carbonyl (C=O) groups is 2. The number of pyridine rings is 1. The summed E-state index contributed by atoms with van der Waals surface area (Å²) >= 11 is 4.75. The molecule has 2 fully saturated rings. The normalized spacial score (nSPS) is 14.8. The first-order chi connectivity index (χ1) is 20.1. The van der Waals surface area contributed by atoms with Crippen LogP contribution in [0.5, 0.6) is 11.5 Å². The number of halogens is 1. The van der Waals surface area contributed by atoms with Gasteiger partial charge in [0.25, 0.3) is 0 Å². The summed E-state index contributed by atoms with van der Waals surface area (Å²) in [5.41, 5.74) is 1.11. The minimum Gasteiger partial charge on any atom is -0.457 e. The number of likely N-dealkylation sites (N-methyl/N-ethyl adjacent to an activating group) is 2. The third-order valence-corrected chi connectivity index (χ3v) is 6.98. The molecule has 0 aliphatic carbocycles. The molecule has 0 bridgehead atoms. The van der Waals surface area contributed by atoms with E-state index in [1.807, 2.05) is 35.2 Å². The van der Waals surface area contributed by atoms with Crippen molar-refractivity contribution in [2.45, 2.75) is 20.3 Å². The minimum atomic E-state index is -0.840. The first kappa shape index (κ1) is 39.2. The monoisotopic (exact) mass is 716 g/mol. The maximum atomic E-state index is 12.6. The molecule has 1 aromatic heterocycles. The number of ether oxygens (including phenoxy) is 2. The molecule has 244 valence electrons. The van der Waals surface area contributed by atoms with E-state index in [0.29, 0.717) is 17.9 Å². The maximum absolute atomic E-state index is 12.6. The SMILES string of the molecule is C=C(C)OC(=O)Cl.CN1CCNCC1.Cc1ccc(Oc2ccnc(CC(=O)N3CCN(C)CC3)c2)c2ccccc12.[CH3-].[Pd]. The number of carbonyl (C=O) groups excluding carboxylic acids is 2. The van der Waals surface area contributed by atoms with Crippen LogP contribution in [0.15, 0.2) is 67.1 Å². The molecular weight excluding hydrogens is 672 g/mol. The van der Waals surface area contributed by atoms with Gasteiger partial charge in [-0.1, -0.05) is 36.9 Å². The fraction of sp³-hybridized carbons (Fsp3) is 0.394. The smallest absolute Gasteiger partial charge is 0.408 e. The van der Waals surface area contributed by atoms with E-state index in [9.17, 15) is 9.59 Å². The van der Waals surface area contributed by atoms with Gasteiger partial charge in [0.1, 0.15) is 11.5 Å². The standard InChI is InChI=1S/C23H25N3O2.C5H12N2.C4H5ClO2.CH3.Pd/c1-17-7-8-22(21-6-4-3-5-20(17)21)28-19-9-10-24-18(15-19)16-23(27)26-13-11-25(2)12-14-26;1-7-4-2-6-3-5-7;1-3(2)7-4(5)6;;/h3-10,15H,11-14,16H2,1-2H3;6H,2-5H2,1H3;1H2,2H3;1H3;/q;;;-1;. The number of benzene rings is 2. The molecule has 3 aromatic rings. The summed E-state index contributed by atoms with van der Waals surface area (Å²) in [4.78, 5) is 33.2. The second kappa shape index (κ2) is 20.2. The van der Waals surface area contributed by atoms with Crippen LogP contribution in [0, 0.1) is 14.4 Å². The van der Waals surface area contributed by atoms with Gasteiger partial charge < -0.3 is 36.9 Å². The number of nitrogens with one attached hydrogen (secondary N) is 1. The Balaban J connectivity index is 0.000000504. The molecule has 11 heteroatoms. The van der Waals surface area contributed by atoms with E-state index in [-0.39, 0.29) is 33.8 Å². The minimum absolute atomic E-state index is 0. The predicted octanol–water partition coefficient (Wildman–Crippen LogP) is 5.52. The largest absolute Gasteiger partial charge is 0.457 e. The summed E-state index contributed by atoms with van der Waals surface area (Å²) in [5.74, 6) is 1.94. The van der Waals surface area contributed by atoms with Crippen molar-refractivity contribution in [2.75, 3.05) is 66.5 Å². The molecule has 0 spiro atoms. The van der Waals surface area contributed by atoms with Crippen molar-refractivity contribution in [3.05, 3.63) is 85.7 Å². The summed E-state index contributed by atoms with van der Waals surface area (Å²) in [6.07, 6.45) is 2.01. The molecule has 2 saturated heterocycles. The van der Waals surface area contributed by atoms with Gasteiger partial charge >= 0.3 is 5.43 Å². The number of piperazine rings is 2. The number of hydrogen-bond donors (Lipinski definition) is 1. The van der Waals surface area contributed by atoms with Crippen LogP contribution in [0.25, 0.3) is 10.8 Å². The number of allylic oxidation sites excluding steroid dienone is 1. The van der Waals surface area contributed by atoms with Crippen molar-refractivity contribution in [3.8, 4) is 11.5 Å². The molecule has 2 aromatic carbocycles. The van der Waals surface area contributed by atoms with Gasteiger partial charge in [0.2, 0.25) is 5.91 Å². The first-order valence-corrected chi connectivity index (χ1v) is 14.5. The Morgan fingerprint density at radius 2 is 1.57 bits per heavy atom. The Hall–Kier alpha value is -2.84. The Morgan fingerprint density at radius 1 is 0.955 bits per heavy atom. The summed E-state index contributed by atoms with van der Waals surface area (Å²) in [6.45, 7) is 15.0. The zero-order valence-corrected chi connectivity index (χ0v) is 28.7. The predicted molar refractivity (Wildman–Crippen MR) is 175 cm³/mol. The third-order valence-electron chi connectivity index (χ3n) is 6.90. The van der Waals surface area contributed by atoms with Crippen LogP contribution in [0.1, 0.15) is 18.2 Å². The quantitative estimate of drug-likeness (QED) is 0.160. The Labute approximate surface area is 281 Å². The molecule has 0 atom stereocenters. The van der Waals surface area contributed by atoms with Crippen molar-refractivity contribution < 1.29 is 39.5 Å². The Bertz CT molecular complexity index is 1330. The van der Waals surface area contributed by atoms with Crippen LogP contribution in [0.3, 0.4) is 0 Å². The molecule has 2 aliphatic heterocycles. The molecule has 0 radical (unpaired) electrons.